The summed E-state index contributed by atoms with van der Waals surface area (Å²) in [5, 5.41) is 10.2. The molecule has 19 heavy (non-hydrogen) atoms. The number of rotatable bonds is 8. The van der Waals surface area contributed by atoms with E-state index in [-0.39, 0.29) is 6.04 Å². The molecule has 0 spiro atoms. The second-order valence-electron chi connectivity index (χ2n) is 4.26. The second kappa shape index (κ2) is 7.99. The van der Waals surface area contributed by atoms with E-state index in [1.54, 1.807) is 18.2 Å². The molecule has 0 saturated heterocycles. The van der Waals surface area contributed by atoms with Crippen LogP contribution in [0.4, 0.5) is 0 Å². The lowest BCUT2D eigenvalue weighted by Crippen LogP contribution is -2.30. The first-order valence-corrected chi connectivity index (χ1v) is 6.67. The fraction of sp³-hybridized carbons (Fsp3) is 0.571. The Hall–Kier alpha value is -1.30. The zero-order chi connectivity index (χ0) is 14.3. The highest BCUT2D eigenvalue weighted by molar-refractivity contribution is 5.43. The summed E-state index contributed by atoms with van der Waals surface area (Å²) in [6.07, 6.45) is -0.184. The molecule has 0 heterocycles. The summed E-state index contributed by atoms with van der Waals surface area (Å²) in [6.45, 7) is 5.37. The molecule has 1 aromatic rings. The monoisotopic (exact) mass is 268 g/mol. The van der Waals surface area contributed by atoms with Crippen LogP contribution in [0, 0.1) is 0 Å². The van der Waals surface area contributed by atoms with Gasteiger partial charge in [-0.05, 0) is 44.5 Å². The Bertz CT molecular complexity index is 385. The van der Waals surface area contributed by atoms with Crippen LogP contribution in [0.2, 0.25) is 0 Å². The molecule has 0 aliphatic carbocycles. The van der Waals surface area contributed by atoms with Crippen LogP contribution in [-0.2, 0) is 0 Å². The van der Waals surface area contributed by atoms with E-state index in [0.717, 1.165) is 0 Å². The number of hydrogen-bond donors (Lipinski definition) is 3. The summed E-state index contributed by atoms with van der Waals surface area (Å²) in [7, 11) is 0. The lowest BCUT2D eigenvalue weighted by Gasteiger charge is -2.20. The Labute approximate surface area is 114 Å². The van der Waals surface area contributed by atoms with Crippen molar-refractivity contribution in [3.63, 3.8) is 0 Å². The van der Waals surface area contributed by atoms with E-state index in [2.05, 4.69) is 0 Å². The molecule has 5 nitrogen and oxygen atoms in total. The summed E-state index contributed by atoms with van der Waals surface area (Å²) >= 11 is 0. The average Bonchev–Trinajstić information content (AvgIpc) is 2.40. The fourth-order valence-corrected chi connectivity index (χ4v) is 1.85. The topological polar surface area (TPSA) is 90.7 Å². The smallest absolute Gasteiger partial charge is 0.161 e. The van der Waals surface area contributed by atoms with Gasteiger partial charge in [0.1, 0.15) is 0 Å². The summed E-state index contributed by atoms with van der Waals surface area (Å²) in [5.74, 6) is 1.30. The number of nitrogens with two attached hydrogens (primary N) is 2. The minimum absolute atomic E-state index is 0.377. The SMILES string of the molecule is CCOc1ccc(C(O)C(N)CCN)cc1OCC. The van der Waals surface area contributed by atoms with Crippen molar-refractivity contribution >= 4 is 0 Å². The van der Waals surface area contributed by atoms with Gasteiger partial charge in [-0.15, -0.1) is 0 Å². The van der Waals surface area contributed by atoms with E-state index < -0.39 is 6.10 Å². The van der Waals surface area contributed by atoms with Crippen LogP contribution in [0.15, 0.2) is 18.2 Å². The minimum atomic E-state index is -0.751. The predicted molar refractivity (Wildman–Crippen MR) is 75.4 cm³/mol. The van der Waals surface area contributed by atoms with Gasteiger partial charge < -0.3 is 26.0 Å². The molecule has 1 aromatic carbocycles. The van der Waals surface area contributed by atoms with Gasteiger partial charge in [-0.1, -0.05) is 6.07 Å². The van der Waals surface area contributed by atoms with Crippen molar-refractivity contribution in [1.29, 1.82) is 0 Å². The Balaban J connectivity index is 2.93. The highest BCUT2D eigenvalue weighted by Gasteiger charge is 2.18. The van der Waals surface area contributed by atoms with Gasteiger partial charge in [-0.2, -0.15) is 0 Å². The molecule has 5 N–H and O–H groups in total. The predicted octanol–water partition coefficient (Wildman–Crippen LogP) is 1.19. The largest absolute Gasteiger partial charge is 0.490 e. The summed E-state index contributed by atoms with van der Waals surface area (Å²) in [6, 6.07) is 4.99. The van der Waals surface area contributed by atoms with E-state index in [4.69, 9.17) is 20.9 Å². The van der Waals surface area contributed by atoms with E-state index >= 15 is 0 Å². The lowest BCUT2D eigenvalue weighted by molar-refractivity contribution is 0.142. The van der Waals surface area contributed by atoms with Crippen LogP contribution < -0.4 is 20.9 Å². The second-order valence-corrected chi connectivity index (χ2v) is 4.26. The summed E-state index contributed by atoms with van der Waals surface area (Å²) in [4.78, 5) is 0. The normalized spacial score (nSPS) is 13.9. The Morgan fingerprint density at radius 3 is 2.37 bits per heavy atom. The Morgan fingerprint density at radius 2 is 1.79 bits per heavy atom. The number of benzene rings is 1. The molecule has 0 amide bonds. The fourth-order valence-electron chi connectivity index (χ4n) is 1.85. The number of hydrogen-bond acceptors (Lipinski definition) is 5. The van der Waals surface area contributed by atoms with Crippen LogP contribution in [0.1, 0.15) is 31.9 Å². The van der Waals surface area contributed by atoms with E-state index in [1.807, 2.05) is 13.8 Å². The van der Waals surface area contributed by atoms with Gasteiger partial charge in [0.05, 0.1) is 19.3 Å². The number of aliphatic hydroxyl groups excluding tert-OH is 1. The van der Waals surface area contributed by atoms with Gasteiger partial charge in [0.2, 0.25) is 0 Å². The first-order chi connectivity index (χ1) is 9.13. The third-order valence-corrected chi connectivity index (χ3v) is 2.81. The molecule has 0 bridgehead atoms. The summed E-state index contributed by atoms with van der Waals surface area (Å²) in [5.41, 5.74) is 12.0. The Morgan fingerprint density at radius 1 is 1.16 bits per heavy atom. The van der Waals surface area contributed by atoms with E-state index in [1.165, 1.54) is 0 Å². The highest BCUT2D eigenvalue weighted by atomic mass is 16.5. The quantitative estimate of drug-likeness (QED) is 0.659. The molecule has 2 atom stereocenters. The van der Waals surface area contributed by atoms with E-state index in [9.17, 15) is 5.11 Å². The van der Waals surface area contributed by atoms with Crippen LogP contribution in [0.3, 0.4) is 0 Å². The first-order valence-electron chi connectivity index (χ1n) is 6.67. The molecule has 2 unspecified atom stereocenters. The Kier molecular flexibility index (Phi) is 6.62. The van der Waals surface area contributed by atoms with Crippen LogP contribution in [0.5, 0.6) is 11.5 Å². The molecule has 0 saturated carbocycles. The van der Waals surface area contributed by atoms with Crippen LogP contribution >= 0.6 is 0 Å². The standard InChI is InChI=1S/C14H24N2O3/c1-3-18-12-6-5-10(9-13(12)19-4-2)14(17)11(16)7-8-15/h5-6,9,11,14,17H,3-4,7-8,15-16H2,1-2H3. The summed E-state index contributed by atoms with van der Waals surface area (Å²) < 4.78 is 11.0. The van der Waals surface area contributed by atoms with Crippen molar-refractivity contribution in [2.45, 2.75) is 32.4 Å². The first kappa shape index (κ1) is 15.8. The maximum Gasteiger partial charge on any atom is 0.161 e. The number of ether oxygens (including phenoxy) is 2. The van der Waals surface area contributed by atoms with Gasteiger partial charge in [0, 0.05) is 6.04 Å². The molecule has 1 rings (SSSR count). The third kappa shape index (κ3) is 4.38. The molecular weight excluding hydrogens is 244 g/mol. The maximum atomic E-state index is 10.2. The van der Waals surface area contributed by atoms with Gasteiger partial charge in [-0.25, -0.2) is 0 Å². The molecule has 0 fully saturated rings. The van der Waals surface area contributed by atoms with Crippen molar-refractivity contribution < 1.29 is 14.6 Å². The molecule has 0 radical (unpaired) electrons. The van der Waals surface area contributed by atoms with Crippen molar-refractivity contribution in [2.75, 3.05) is 19.8 Å². The van der Waals surface area contributed by atoms with Gasteiger partial charge in [0.25, 0.3) is 0 Å². The molecule has 0 aliphatic rings. The van der Waals surface area contributed by atoms with Crippen molar-refractivity contribution in [1.82, 2.24) is 0 Å². The van der Waals surface area contributed by atoms with Crippen LogP contribution in [-0.4, -0.2) is 30.9 Å². The molecule has 0 aliphatic heterocycles. The van der Waals surface area contributed by atoms with Crippen molar-refractivity contribution in [3.05, 3.63) is 23.8 Å². The highest BCUT2D eigenvalue weighted by Crippen LogP contribution is 2.31. The zero-order valence-corrected chi connectivity index (χ0v) is 11.6. The van der Waals surface area contributed by atoms with Gasteiger partial charge in [-0.3, -0.25) is 0 Å². The third-order valence-electron chi connectivity index (χ3n) is 2.81. The zero-order valence-electron chi connectivity index (χ0n) is 11.6. The maximum absolute atomic E-state index is 10.2. The van der Waals surface area contributed by atoms with Crippen LogP contribution in [0.25, 0.3) is 0 Å². The molecule has 108 valence electrons. The molecule has 5 heteroatoms. The van der Waals surface area contributed by atoms with Gasteiger partial charge in [0.15, 0.2) is 11.5 Å². The minimum Gasteiger partial charge on any atom is -0.490 e. The number of aliphatic hydroxyl groups is 1. The van der Waals surface area contributed by atoms with Gasteiger partial charge >= 0.3 is 0 Å². The lowest BCUT2D eigenvalue weighted by atomic mass is 10.00. The van der Waals surface area contributed by atoms with Crippen molar-refractivity contribution in [3.8, 4) is 11.5 Å². The van der Waals surface area contributed by atoms with Crippen molar-refractivity contribution in [2.24, 2.45) is 11.5 Å². The van der Waals surface area contributed by atoms with E-state index in [0.29, 0.717) is 43.2 Å². The molecule has 0 aromatic heterocycles. The average molecular weight is 268 g/mol. The molecular formula is C14H24N2O3.